The van der Waals surface area contributed by atoms with Gasteiger partial charge in [-0.3, -0.25) is 4.79 Å². The SMILES string of the molecule is CSC1SC(c2ccn(COCC[Si](C)(C)C)n2)=C2CCN(C(=O)O)C(=O)C21. The summed E-state index contributed by atoms with van der Waals surface area (Å²) >= 11 is 3.21. The van der Waals surface area contributed by atoms with Crippen LogP contribution in [0.4, 0.5) is 4.79 Å². The fourth-order valence-electron chi connectivity index (χ4n) is 3.30. The molecule has 154 valence electrons. The van der Waals surface area contributed by atoms with Crippen LogP contribution >= 0.6 is 23.5 Å². The lowest BCUT2D eigenvalue weighted by molar-refractivity contribution is -0.133. The van der Waals surface area contributed by atoms with Crippen molar-refractivity contribution in [2.45, 2.75) is 43.4 Å². The fraction of sp³-hybridized carbons (Fsp3) is 0.611. The number of carbonyl (C=O) groups excluding carboxylic acids is 1. The summed E-state index contributed by atoms with van der Waals surface area (Å²) in [6.45, 7) is 8.34. The molecule has 2 amide bonds. The lowest BCUT2D eigenvalue weighted by atomic mass is 9.91. The van der Waals surface area contributed by atoms with Crippen LogP contribution < -0.4 is 0 Å². The summed E-state index contributed by atoms with van der Waals surface area (Å²) in [6.07, 6.45) is 3.26. The minimum Gasteiger partial charge on any atom is -0.465 e. The molecule has 10 heteroatoms. The number of piperidine rings is 1. The van der Waals surface area contributed by atoms with E-state index < -0.39 is 20.1 Å². The molecule has 2 unspecified atom stereocenters. The van der Waals surface area contributed by atoms with Gasteiger partial charge in [-0.05, 0) is 30.4 Å². The smallest absolute Gasteiger partial charge is 0.414 e. The van der Waals surface area contributed by atoms with E-state index in [1.807, 2.05) is 18.5 Å². The molecule has 0 aromatic carbocycles. The molecular formula is C18H27N3O4S2Si. The van der Waals surface area contributed by atoms with Crippen LogP contribution in [0.15, 0.2) is 17.8 Å². The van der Waals surface area contributed by atoms with Crippen LogP contribution in [0.2, 0.25) is 25.7 Å². The first-order valence-corrected chi connectivity index (χ1v) is 15.2. The fourth-order valence-corrected chi connectivity index (χ4v) is 6.54. The first-order valence-electron chi connectivity index (χ1n) is 9.29. The number of hydrogen-bond donors (Lipinski definition) is 1. The van der Waals surface area contributed by atoms with Crippen molar-refractivity contribution in [2.24, 2.45) is 5.92 Å². The number of likely N-dealkylation sites (tertiary alicyclic amines) is 1. The molecule has 0 bridgehead atoms. The van der Waals surface area contributed by atoms with Gasteiger partial charge < -0.3 is 9.84 Å². The van der Waals surface area contributed by atoms with Crippen LogP contribution in [0.1, 0.15) is 12.1 Å². The molecule has 1 N–H and O–H groups in total. The van der Waals surface area contributed by atoms with Gasteiger partial charge in [0.15, 0.2) is 0 Å². The summed E-state index contributed by atoms with van der Waals surface area (Å²) in [5, 5.41) is 13.9. The number of carboxylic acid groups (broad SMARTS) is 1. The Morgan fingerprint density at radius 3 is 2.86 bits per heavy atom. The standard InChI is InChI=1S/C18H27N3O4S2Si/c1-26-17-14-12(5-8-21(16(14)22)18(23)24)15(27-17)13-6-7-20(19-13)11-25-9-10-28(2,3)4/h6-7,14,17H,5,8-11H2,1-4H3,(H,23,24). The first-order chi connectivity index (χ1) is 13.2. The van der Waals surface area contributed by atoms with Crippen LogP contribution in [0.5, 0.6) is 0 Å². The molecule has 1 fully saturated rings. The summed E-state index contributed by atoms with van der Waals surface area (Å²) in [5.41, 5.74) is 1.86. The lowest BCUT2D eigenvalue weighted by Gasteiger charge is -2.30. The molecule has 3 rings (SSSR count). The highest BCUT2D eigenvalue weighted by molar-refractivity contribution is 8.21. The number of aromatic nitrogens is 2. The zero-order valence-electron chi connectivity index (χ0n) is 16.7. The van der Waals surface area contributed by atoms with E-state index in [0.29, 0.717) is 13.2 Å². The number of rotatable bonds is 7. The van der Waals surface area contributed by atoms with E-state index in [4.69, 9.17) is 4.74 Å². The lowest BCUT2D eigenvalue weighted by Crippen LogP contribution is -2.46. The summed E-state index contributed by atoms with van der Waals surface area (Å²) in [5.74, 6) is -0.706. The molecule has 3 heterocycles. The minimum atomic E-state index is -1.16. The normalized spacial score (nSPS) is 22.7. The molecule has 1 aromatic rings. The summed E-state index contributed by atoms with van der Waals surface area (Å²) in [4.78, 5) is 26.0. The Bertz CT molecular complexity index is 790. The number of fused-ring (bicyclic) bond motifs is 1. The van der Waals surface area contributed by atoms with Crippen molar-refractivity contribution in [3.8, 4) is 0 Å². The molecule has 0 radical (unpaired) electrons. The van der Waals surface area contributed by atoms with Crippen molar-refractivity contribution >= 4 is 48.5 Å². The van der Waals surface area contributed by atoms with Gasteiger partial charge in [-0.2, -0.15) is 5.10 Å². The Labute approximate surface area is 174 Å². The maximum atomic E-state index is 12.7. The van der Waals surface area contributed by atoms with E-state index in [0.717, 1.165) is 33.7 Å². The van der Waals surface area contributed by atoms with Crippen molar-refractivity contribution < 1.29 is 19.4 Å². The summed E-state index contributed by atoms with van der Waals surface area (Å²) in [7, 11) is -1.11. The van der Waals surface area contributed by atoms with Gasteiger partial charge in [0.1, 0.15) is 6.73 Å². The Kier molecular flexibility index (Phi) is 6.63. The maximum absolute atomic E-state index is 12.7. The van der Waals surface area contributed by atoms with Gasteiger partial charge in [-0.15, -0.1) is 23.5 Å². The van der Waals surface area contributed by atoms with Crippen LogP contribution in [0.3, 0.4) is 0 Å². The quantitative estimate of drug-likeness (QED) is 0.508. The maximum Gasteiger partial charge on any atom is 0.414 e. The zero-order chi connectivity index (χ0) is 20.5. The second-order valence-corrected chi connectivity index (χ2v) is 16.2. The van der Waals surface area contributed by atoms with Gasteiger partial charge >= 0.3 is 6.09 Å². The van der Waals surface area contributed by atoms with Crippen LogP contribution in [-0.4, -0.2) is 63.9 Å². The highest BCUT2D eigenvalue weighted by Gasteiger charge is 2.46. The Balaban J connectivity index is 1.72. The Hall–Kier alpha value is -1.23. The topological polar surface area (TPSA) is 84.7 Å². The van der Waals surface area contributed by atoms with Crippen LogP contribution in [-0.2, 0) is 16.3 Å². The Morgan fingerprint density at radius 2 is 2.21 bits per heavy atom. The third-order valence-electron chi connectivity index (χ3n) is 4.87. The first kappa shape index (κ1) is 21.5. The second kappa shape index (κ2) is 8.64. The second-order valence-electron chi connectivity index (χ2n) is 8.16. The number of amides is 2. The third kappa shape index (κ3) is 4.66. The number of imide groups is 1. The number of ether oxygens (including phenoxy) is 1. The Morgan fingerprint density at radius 1 is 1.46 bits per heavy atom. The highest BCUT2D eigenvalue weighted by Crippen LogP contribution is 2.53. The molecule has 0 saturated carbocycles. The van der Waals surface area contributed by atoms with Crippen molar-refractivity contribution in [1.29, 1.82) is 0 Å². The molecule has 0 aliphatic carbocycles. The minimum absolute atomic E-state index is 0.0159. The van der Waals surface area contributed by atoms with Gasteiger partial charge in [0.25, 0.3) is 0 Å². The van der Waals surface area contributed by atoms with E-state index in [1.165, 1.54) is 0 Å². The van der Waals surface area contributed by atoms with E-state index in [9.17, 15) is 14.7 Å². The number of nitrogens with zero attached hydrogens (tertiary/aromatic N) is 3. The van der Waals surface area contributed by atoms with E-state index >= 15 is 0 Å². The molecular weight excluding hydrogens is 414 g/mol. The molecule has 2 aliphatic rings. The monoisotopic (exact) mass is 441 g/mol. The number of hydrogen-bond acceptors (Lipinski definition) is 6. The van der Waals surface area contributed by atoms with E-state index in [-0.39, 0.29) is 17.0 Å². The number of carbonyl (C=O) groups is 2. The summed E-state index contributed by atoms with van der Waals surface area (Å²) < 4.78 is 7.53. The predicted molar refractivity (Wildman–Crippen MR) is 116 cm³/mol. The van der Waals surface area contributed by atoms with Crippen LogP contribution in [0, 0.1) is 5.92 Å². The average molecular weight is 442 g/mol. The van der Waals surface area contributed by atoms with Gasteiger partial charge in [0, 0.05) is 32.3 Å². The molecule has 7 nitrogen and oxygen atoms in total. The largest absolute Gasteiger partial charge is 0.465 e. The van der Waals surface area contributed by atoms with Gasteiger partial charge in [0.2, 0.25) is 5.91 Å². The molecule has 0 spiro atoms. The van der Waals surface area contributed by atoms with Crippen molar-refractivity contribution in [2.75, 3.05) is 19.4 Å². The van der Waals surface area contributed by atoms with Gasteiger partial charge in [0.05, 0.1) is 16.2 Å². The molecule has 28 heavy (non-hydrogen) atoms. The molecule has 1 aromatic heterocycles. The molecule has 2 aliphatic heterocycles. The zero-order valence-corrected chi connectivity index (χ0v) is 19.3. The number of thioether (sulfide) groups is 2. The highest BCUT2D eigenvalue weighted by atomic mass is 32.2. The average Bonchev–Trinajstić information content (AvgIpc) is 3.22. The molecule has 2 atom stereocenters. The predicted octanol–water partition coefficient (Wildman–Crippen LogP) is 3.87. The van der Waals surface area contributed by atoms with Crippen molar-refractivity contribution in [1.82, 2.24) is 14.7 Å². The van der Waals surface area contributed by atoms with Crippen molar-refractivity contribution in [3.63, 3.8) is 0 Å². The van der Waals surface area contributed by atoms with E-state index in [1.54, 1.807) is 28.2 Å². The van der Waals surface area contributed by atoms with Crippen molar-refractivity contribution in [3.05, 3.63) is 23.5 Å². The van der Waals surface area contributed by atoms with Gasteiger partial charge in [-0.1, -0.05) is 19.6 Å². The summed E-state index contributed by atoms with van der Waals surface area (Å²) in [6, 6.07) is 3.07. The van der Waals surface area contributed by atoms with Crippen LogP contribution in [0.25, 0.3) is 4.91 Å². The van der Waals surface area contributed by atoms with Gasteiger partial charge in [-0.25, -0.2) is 14.4 Å². The molecule has 1 saturated heterocycles. The van der Waals surface area contributed by atoms with E-state index in [2.05, 4.69) is 24.7 Å². The third-order valence-corrected chi connectivity index (χ3v) is 9.38.